The van der Waals surface area contributed by atoms with E-state index in [1.165, 1.54) is 0 Å². The molecule has 6 nitrogen and oxygen atoms in total. The molecule has 1 N–H and O–H groups in total. The van der Waals surface area contributed by atoms with Gasteiger partial charge < -0.3 is 5.32 Å². The molecule has 1 fully saturated rings. The molecule has 1 amide bonds. The van der Waals surface area contributed by atoms with Crippen LogP contribution in [-0.4, -0.2) is 23.4 Å². The van der Waals surface area contributed by atoms with Crippen molar-refractivity contribution in [2.75, 3.05) is 6.54 Å². The minimum atomic E-state index is -0.867. The molecular formula is C6H7N3O3. The second-order valence-electron chi connectivity index (χ2n) is 2.60. The Morgan fingerprint density at radius 2 is 2.42 bits per heavy atom. The van der Waals surface area contributed by atoms with Gasteiger partial charge >= 0.3 is 0 Å². The third-order valence-electron chi connectivity index (χ3n) is 1.79. The van der Waals surface area contributed by atoms with Gasteiger partial charge in [-0.15, -0.1) is 0 Å². The molecule has 1 saturated heterocycles. The number of amides is 1. The first-order valence-electron chi connectivity index (χ1n) is 3.46. The van der Waals surface area contributed by atoms with Gasteiger partial charge in [-0.3, -0.25) is 14.9 Å². The van der Waals surface area contributed by atoms with Crippen LogP contribution in [0.3, 0.4) is 0 Å². The van der Waals surface area contributed by atoms with Gasteiger partial charge in [0.2, 0.25) is 11.9 Å². The van der Waals surface area contributed by atoms with Gasteiger partial charge in [-0.05, 0) is 0 Å². The molecule has 1 heterocycles. The Morgan fingerprint density at radius 1 is 1.75 bits per heavy atom. The van der Waals surface area contributed by atoms with Crippen LogP contribution in [0.15, 0.2) is 0 Å². The summed E-state index contributed by atoms with van der Waals surface area (Å²) in [6, 6.07) is 0.909. The van der Waals surface area contributed by atoms with E-state index in [9.17, 15) is 14.9 Å². The Bertz CT molecular complexity index is 257. The number of rotatable bonds is 1. The van der Waals surface area contributed by atoms with Crippen molar-refractivity contribution in [3.05, 3.63) is 10.1 Å². The van der Waals surface area contributed by atoms with Crippen LogP contribution in [-0.2, 0) is 4.79 Å². The van der Waals surface area contributed by atoms with Crippen LogP contribution in [0.1, 0.15) is 6.42 Å². The molecule has 2 unspecified atom stereocenters. The van der Waals surface area contributed by atoms with Crippen molar-refractivity contribution in [3.63, 3.8) is 0 Å². The summed E-state index contributed by atoms with van der Waals surface area (Å²) in [6.07, 6.45) is 0.0231. The van der Waals surface area contributed by atoms with Crippen molar-refractivity contribution in [2.45, 2.75) is 12.5 Å². The Morgan fingerprint density at radius 3 is 2.92 bits per heavy atom. The maximum absolute atomic E-state index is 10.8. The molecule has 0 aromatic carbocycles. The smallest absolute Gasteiger partial charge is 0.237 e. The fourth-order valence-electron chi connectivity index (χ4n) is 1.08. The Kier molecular flexibility index (Phi) is 2.24. The first-order valence-corrected chi connectivity index (χ1v) is 3.46. The van der Waals surface area contributed by atoms with Gasteiger partial charge in [0.05, 0.1) is 12.6 Å². The lowest BCUT2D eigenvalue weighted by atomic mass is 9.97. The van der Waals surface area contributed by atoms with E-state index in [0.29, 0.717) is 0 Å². The van der Waals surface area contributed by atoms with Gasteiger partial charge in [0.15, 0.2) is 0 Å². The Labute approximate surface area is 68.3 Å². The summed E-state index contributed by atoms with van der Waals surface area (Å²) < 4.78 is 0. The highest BCUT2D eigenvalue weighted by Crippen LogP contribution is 2.12. The van der Waals surface area contributed by atoms with E-state index in [4.69, 9.17) is 5.26 Å². The maximum Gasteiger partial charge on any atom is 0.237 e. The van der Waals surface area contributed by atoms with Gasteiger partial charge in [0.1, 0.15) is 5.92 Å². The molecule has 0 saturated carbocycles. The maximum atomic E-state index is 10.8. The number of nitro groups is 1. The molecule has 1 rings (SSSR count). The van der Waals surface area contributed by atoms with Gasteiger partial charge in [0, 0.05) is 11.3 Å². The first-order chi connectivity index (χ1) is 5.65. The number of carbonyl (C=O) groups is 1. The van der Waals surface area contributed by atoms with Crippen LogP contribution < -0.4 is 5.32 Å². The van der Waals surface area contributed by atoms with Crippen LogP contribution in [0.25, 0.3) is 0 Å². The van der Waals surface area contributed by atoms with Crippen LogP contribution >= 0.6 is 0 Å². The van der Waals surface area contributed by atoms with Crippen LogP contribution in [0.5, 0.6) is 0 Å². The number of hydrogen-bond acceptors (Lipinski definition) is 4. The Balaban J connectivity index is 2.63. The lowest BCUT2D eigenvalue weighted by Gasteiger charge is -2.19. The third kappa shape index (κ3) is 1.50. The third-order valence-corrected chi connectivity index (χ3v) is 1.79. The number of piperidine rings is 1. The van der Waals surface area contributed by atoms with Crippen molar-refractivity contribution in [1.29, 1.82) is 5.26 Å². The molecule has 0 spiro atoms. The number of carbonyl (C=O) groups excluding carboxylic acids is 1. The molecule has 0 aromatic rings. The van der Waals surface area contributed by atoms with Gasteiger partial charge in [-0.25, -0.2) is 0 Å². The highest BCUT2D eigenvalue weighted by Gasteiger charge is 2.34. The van der Waals surface area contributed by atoms with Gasteiger partial charge in [-0.1, -0.05) is 0 Å². The van der Waals surface area contributed by atoms with E-state index in [0.717, 1.165) is 0 Å². The van der Waals surface area contributed by atoms with Crippen LogP contribution in [0.2, 0.25) is 0 Å². The molecule has 0 radical (unpaired) electrons. The predicted molar refractivity (Wildman–Crippen MR) is 37.5 cm³/mol. The predicted octanol–water partition coefficient (Wildman–Crippen LogP) is -0.709. The second kappa shape index (κ2) is 3.17. The minimum absolute atomic E-state index is 0.0231. The van der Waals surface area contributed by atoms with Gasteiger partial charge in [-0.2, -0.15) is 5.26 Å². The Hall–Kier alpha value is -1.64. The fourth-order valence-corrected chi connectivity index (χ4v) is 1.08. The van der Waals surface area contributed by atoms with Crippen molar-refractivity contribution >= 4 is 5.91 Å². The molecule has 1 aliphatic rings. The topological polar surface area (TPSA) is 96.0 Å². The molecule has 0 bridgehead atoms. The van der Waals surface area contributed by atoms with Crippen molar-refractivity contribution in [2.24, 2.45) is 5.92 Å². The number of hydrogen-bond donors (Lipinski definition) is 1. The second-order valence-corrected chi connectivity index (χ2v) is 2.60. The molecular weight excluding hydrogens is 162 g/mol. The first kappa shape index (κ1) is 8.46. The molecule has 2 atom stereocenters. The highest BCUT2D eigenvalue weighted by atomic mass is 16.6. The average molecular weight is 169 g/mol. The molecule has 64 valence electrons. The standard InChI is InChI=1S/C6H7N3O3/c7-2-4-1-5(9(11)12)3-8-6(4)10/h4-5H,1,3H2,(H,8,10). The quantitative estimate of drug-likeness (QED) is 0.414. The van der Waals surface area contributed by atoms with E-state index in [1.54, 1.807) is 6.07 Å². The normalized spacial score (nSPS) is 28.8. The number of nitrogens with zero attached hydrogens (tertiary/aromatic N) is 2. The van der Waals surface area contributed by atoms with E-state index in [-0.39, 0.29) is 13.0 Å². The van der Waals surface area contributed by atoms with E-state index >= 15 is 0 Å². The SMILES string of the molecule is N#CC1CC([N+](=O)[O-])CNC1=O. The molecule has 12 heavy (non-hydrogen) atoms. The highest BCUT2D eigenvalue weighted by molar-refractivity contribution is 5.81. The van der Waals surface area contributed by atoms with Crippen LogP contribution in [0.4, 0.5) is 0 Å². The fraction of sp³-hybridized carbons (Fsp3) is 0.667. The minimum Gasteiger partial charge on any atom is -0.348 e. The summed E-state index contributed by atoms with van der Waals surface area (Å²) in [5.74, 6) is -1.27. The van der Waals surface area contributed by atoms with Crippen molar-refractivity contribution < 1.29 is 9.72 Å². The van der Waals surface area contributed by atoms with E-state index < -0.39 is 22.8 Å². The molecule has 0 aromatic heterocycles. The summed E-state index contributed by atoms with van der Waals surface area (Å²) in [4.78, 5) is 20.6. The van der Waals surface area contributed by atoms with Gasteiger partial charge in [0.25, 0.3) is 0 Å². The number of nitriles is 1. The zero-order valence-corrected chi connectivity index (χ0v) is 6.19. The summed E-state index contributed by atoms with van der Waals surface area (Å²) in [5.41, 5.74) is 0. The average Bonchev–Trinajstić information content (AvgIpc) is 2.05. The molecule has 0 aliphatic carbocycles. The zero-order chi connectivity index (χ0) is 9.14. The lowest BCUT2D eigenvalue weighted by molar-refractivity contribution is -0.522. The molecule has 6 heteroatoms. The largest absolute Gasteiger partial charge is 0.348 e. The summed E-state index contributed by atoms with van der Waals surface area (Å²) in [6.45, 7) is 0.0318. The van der Waals surface area contributed by atoms with E-state index in [2.05, 4.69) is 5.32 Å². The summed E-state index contributed by atoms with van der Waals surface area (Å²) in [7, 11) is 0. The monoisotopic (exact) mass is 169 g/mol. The number of nitrogens with one attached hydrogen (secondary N) is 1. The molecule has 1 aliphatic heterocycles. The summed E-state index contributed by atoms with van der Waals surface area (Å²) >= 11 is 0. The zero-order valence-electron chi connectivity index (χ0n) is 6.19. The van der Waals surface area contributed by atoms with Crippen molar-refractivity contribution in [3.8, 4) is 6.07 Å². The summed E-state index contributed by atoms with van der Waals surface area (Å²) in [5, 5.41) is 21.0. The van der Waals surface area contributed by atoms with Crippen molar-refractivity contribution in [1.82, 2.24) is 5.32 Å². The van der Waals surface area contributed by atoms with E-state index in [1.807, 2.05) is 0 Å². The lowest BCUT2D eigenvalue weighted by Crippen LogP contribution is -2.46. The van der Waals surface area contributed by atoms with Crippen LogP contribution in [0, 0.1) is 27.4 Å².